The number of nitrogens with one attached hydrogen (secondary N) is 1. The molecule has 1 atom stereocenters. The minimum atomic E-state index is -0.437. The number of furan rings is 1. The van der Waals surface area contributed by atoms with Crippen molar-refractivity contribution in [2.45, 2.75) is 25.9 Å². The number of rotatable bonds is 5. The molecule has 1 aliphatic heterocycles. The maximum absolute atomic E-state index is 13.0. The molecule has 4 rings (SSSR count). The highest BCUT2D eigenvalue weighted by atomic mass is 16.3. The van der Waals surface area contributed by atoms with Crippen LogP contribution in [0.25, 0.3) is 0 Å². The van der Waals surface area contributed by atoms with Gasteiger partial charge in [-0.2, -0.15) is 0 Å². The largest absolute Gasteiger partial charge is 0.467 e. The minimum Gasteiger partial charge on any atom is -0.467 e. The Balaban J connectivity index is 1.59. The molecular weight excluding hydrogens is 342 g/mol. The van der Waals surface area contributed by atoms with Gasteiger partial charge in [0.25, 0.3) is 5.91 Å². The molecule has 0 spiro atoms. The summed E-state index contributed by atoms with van der Waals surface area (Å²) in [6.45, 7) is 2.30. The number of pyridine rings is 1. The van der Waals surface area contributed by atoms with Crippen LogP contribution >= 0.6 is 0 Å². The predicted octanol–water partition coefficient (Wildman–Crippen LogP) is 3.39. The fourth-order valence-corrected chi connectivity index (χ4v) is 3.29. The van der Waals surface area contributed by atoms with E-state index in [1.165, 1.54) is 0 Å². The summed E-state index contributed by atoms with van der Waals surface area (Å²) >= 11 is 0. The van der Waals surface area contributed by atoms with Gasteiger partial charge in [-0.1, -0.05) is 17.7 Å². The summed E-state index contributed by atoms with van der Waals surface area (Å²) < 4.78 is 5.24. The van der Waals surface area contributed by atoms with Gasteiger partial charge in [0.2, 0.25) is 5.91 Å². The second-order valence-electron chi connectivity index (χ2n) is 6.52. The molecule has 0 fully saturated rings. The predicted molar refractivity (Wildman–Crippen MR) is 100 cm³/mol. The zero-order valence-electron chi connectivity index (χ0n) is 14.9. The zero-order valence-corrected chi connectivity index (χ0v) is 14.9. The smallest absolute Gasteiger partial charge is 0.260 e. The van der Waals surface area contributed by atoms with Gasteiger partial charge in [-0.3, -0.25) is 19.5 Å². The number of hydrogen-bond donors (Lipinski definition) is 1. The van der Waals surface area contributed by atoms with Gasteiger partial charge in [0.15, 0.2) is 0 Å². The van der Waals surface area contributed by atoms with Crippen LogP contribution in [0.5, 0.6) is 0 Å². The lowest BCUT2D eigenvalue weighted by Gasteiger charge is -2.24. The molecule has 2 aromatic heterocycles. The number of fused-ring (bicyclic) bond motifs is 1. The average molecular weight is 361 g/mol. The van der Waals surface area contributed by atoms with Gasteiger partial charge < -0.3 is 9.73 Å². The molecule has 0 saturated carbocycles. The Bertz CT molecular complexity index is 965. The Morgan fingerprint density at radius 3 is 2.74 bits per heavy atom. The molecule has 1 aromatic carbocycles. The highest BCUT2D eigenvalue weighted by molar-refractivity contribution is 6.11. The van der Waals surface area contributed by atoms with Crippen LogP contribution in [0.2, 0.25) is 0 Å². The zero-order chi connectivity index (χ0) is 18.8. The van der Waals surface area contributed by atoms with Gasteiger partial charge in [-0.05, 0) is 43.3 Å². The van der Waals surface area contributed by atoms with Crippen LogP contribution in [0.3, 0.4) is 0 Å². The fourth-order valence-electron chi connectivity index (χ4n) is 3.29. The first-order valence-corrected chi connectivity index (χ1v) is 8.77. The third-order valence-electron chi connectivity index (χ3n) is 4.65. The fraction of sp³-hybridized carbons (Fsp3) is 0.190. The highest BCUT2D eigenvalue weighted by Gasteiger charge is 2.39. The number of nitrogens with zero attached hydrogens (tertiary/aromatic N) is 2. The summed E-state index contributed by atoms with van der Waals surface area (Å²) in [6.07, 6.45) is 3.35. The van der Waals surface area contributed by atoms with E-state index in [1.54, 1.807) is 41.6 Å². The molecule has 1 unspecified atom stereocenters. The maximum atomic E-state index is 13.0. The van der Waals surface area contributed by atoms with Crippen molar-refractivity contribution in [1.82, 2.24) is 10.3 Å². The van der Waals surface area contributed by atoms with Crippen molar-refractivity contribution in [2.24, 2.45) is 0 Å². The summed E-state index contributed by atoms with van der Waals surface area (Å²) in [5, 5.41) is 2.84. The van der Waals surface area contributed by atoms with Crippen LogP contribution in [-0.4, -0.2) is 16.8 Å². The van der Waals surface area contributed by atoms with Crippen LogP contribution in [0.4, 0.5) is 5.69 Å². The van der Waals surface area contributed by atoms with Gasteiger partial charge in [0, 0.05) is 11.9 Å². The highest BCUT2D eigenvalue weighted by Crippen LogP contribution is 2.38. The third kappa shape index (κ3) is 3.33. The molecule has 1 aliphatic rings. The lowest BCUT2D eigenvalue weighted by atomic mass is 10.1. The van der Waals surface area contributed by atoms with E-state index in [9.17, 15) is 9.59 Å². The van der Waals surface area contributed by atoms with Gasteiger partial charge in [0.1, 0.15) is 5.76 Å². The third-order valence-corrected chi connectivity index (χ3v) is 4.65. The van der Waals surface area contributed by atoms with Crippen molar-refractivity contribution in [3.63, 3.8) is 0 Å². The van der Waals surface area contributed by atoms with Crippen molar-refractivity contribution >= 4 is 17.5 Å². The first-order chi connectivity index (χ1) is 13.1. The van der Waals surface area contributed by atoms with Crippen molar-refractivity contribution in [1.29, 1.82) is 0 Å². The maximum Gasteiger partial charge on any atom is 0.260 e. The monoisotopic (exact) mass is 361 g/mol. The average Bonchev–Trinajstić information content (AvgIpc) is 3.29. The van der Waals surface area contributed by atoms with E-state index in [0.29, 0.717) is 23.6 Å². The molecule has 27 heavy (non-hydrogen) atoms. The number of carbonyl (C=O) groups is 2. The molecule has 0 saturated heterocycles. The van der Waals surface area contributed by atoms with Crippen LogP contribution in [0.1, 0.15) is 39.8 Å². The normalized spacial score (nSPS) is 15.7. The summed E-state index contributed by atoms with van der Waals surface area (Å²) in [6, 6.07) is 14.3. The van der Waals surface area contributed by atoms with Gasteiger partial charge >= 0.3 is 0 Å². The van der Waals surface area contributed by atoms with Crippen molar-refractivity contribution in [2.75, 3.05) is 4.90 Å². The lowest BCUT2D eigenvalue weighted by molar-refractivity contribution is -0.121. The van der Waals surface area contributed by atoms with E-state index in [1.807, 2.05) is 31.2 Å². The second kappa shape index (κ2) is 7.07. The Morgan fingerprint density at radius 1 is 1.19 bits per heavy atom. The van der Waals surface area contributed by atoms with Gasteiger partial charge in [-0.25, -0.2) is 0 Å². The number of benzene rings is 1. The SMILES string of the molecule is Cc1ccc(N2C(=O)c3cccnc3C2CC(=O)NCc2ccco2)cc1. The molecule has 0 radical (unpaired) electrons. The van der Waals surface area contributed by atoms with Gasteiger partial charge in [-0.15, -0.1) is 0 Å². The molecule has 0 aliphatic carbocycles. The first-order valence-electron chi connectivity index (χ1n) is 8.77. The van der Waals surface area contributed by atoms with Crippen LogP contribution < -0.4 is 10.2 Å². The number of anilines is 1. The summed E-state index contributed by atoms with van der Waals surface area (Å²) in [4.78, 5) is 31.5. The summed E-state index contributed by atoms with van der Waals surface area (Å²) in [7, 11) is 0. The molecule has 6 heteroatoms. The van der Waals surface area contributed by atoms with E-state index in [-0.39, 0.29) is 18.2 Å². The molecule has 3 heterocycles. The van der Waals surface area contributed by atoms with Crippen molar-refractivity contribution < 1.29 is 14.0 Å². The number of carbonyl (C=O) groups excluding carboxylic acids is 2. The van der Waals surface area contributed by atoms with E-state index < -0.39 is 6.04 Å². The number of hydrogen-bond acceptors (Lipinski definition) is 4. The van der Waals surface area contributed by atoms with Gasteiger partial charge in [0.05, 0.1) is 36.5 Å². The quantitative estimate of drug-likeness (QED) is 0.756. The molecule has 136 valence electrons. The number of aryl methyl sites for hydroxylation is 1. The van der Waals surface area contributed by atoms with Crippen LogP contribution in [0, 0.1) is 6.92 Å². The van der Waals surface area contributed by atoms with E-state index in [0.717, 1.165) is 11.3 Å². The standard InChI is InChI=1S/C21H19N3O3/c1-14-6-8-15(9-7-14)24-18(20-17(21(24)26)5-2-10-22-20)12-19(25)23-13-16-4-3-11-27-16/h2-11,18H,12-13H2,1H3,(H,23,25). The number of amides is 2. The number of aromatic nitrogens is 1. The Morgan fingerprint density at radius 2 is 2.00 bits per heavy atom. The topological polar surface area (TPSA) is 75.4 Å². The minimum absolute atomic E-state index is 0.129. The van der Waals surface area contributed by atoms with E-state index in [2.05, 4.69) is 10.3 Å². The summed E-state index contributed by atoms with van der Waals surface area (Å²) in [5.41, 5.74) is 3.04. The first kappa shape index (κ1) is 17.0. The van der Waals surface area contributed by atoms with E-state index >= 15 is 0 Å². The molecule has 0 bridgehead atoms. The Kier molecular flexibility index (Phi) is 4.46. The molecule has 2 amide bonds. The van der Waals surface area contributed by atoms with Crippen molar-refractivity contribution in [3.05, 3.63) is 83.6 Å². The molecule has 6 nitrogen and oxygen atoms in total. The van der Waals surface area contributed by atoms with Crippen molar-refractivity contribution in [3.8, 4) is 0 Å². The lowest BCUT2D eigenvalue weighted by Crippen LogP contribution is -2.32. The Hall–Kier alpha value is -3.41. The molecular formula is C21H19N3O3. The summed E-state index contributed by atoms with van der Waals surface area (Å²) in [5.74, 6) is 0.380. The molecule has 3 aromatic rings. The Labute approximate surface area is 156 Å². The second-order valence-corrected chi connectivity index (χ2v) is 6.52. The molecule has 1 N–H and O–H groups in total. The van der Waals surface area contributed by atoms with E-state index in [4.69, 9.17) is 4.42 Å². The van der Waals surface area contributed by atoms with Crippen LogP contribution in [0.15, 0.2) is 65.4 Å². The van der Waals surface area contributed by atoms with Crippen LogP contribution in [-0.2, 0) is 11.3 Å².